The highest BCUT2D eigenvalue weighted by molar-refractivity contribution is 7.89. The largest absolute Gasteiger partial charge is 0.340 e. The third kappa shape index (κ3) is 6.27. The van der Waals surface area contributed by atoms with Gasteiger partial charge in [-0.25, -0.2) is 21.1 Å². The summed E-state index contributed by atoms with van der Waals surface area (Å²) in [5.74, 6) is -0.0373. The zero-order chi connectivity index (χ0) is 22.5. The van der Waals surface area contributed by atoms with Crippen LogP contribution in [0.5, 0.6) is 0 Å². The lowest BCUT2D eigenvalue weighted by Gasteiger charge is -2.38. The van der Waals surface area contributed by atoms with Crippen molar-refractivity contribution < 1.29 is 21.6 Å². The number of piperazine rings is 1. The zero-order valence-corrected chi connectivity index (χ0v) is 19.8. The van der Waals surface area contributed by atoms with Gasteiger partial charge in [0.1, 0.15) is 0 Å². The van der Waals surface area contributed by atoms with Crippen LogP contribution in [0.15, 0.2) is 30.3 Å². The Balaban J connectivity index is 1.48. The smallest absolute Gasteiger partial charge is 0.225 e. The van der Waals surface area contributed by atoms with Crippen molar-refractivity contribution in [2.45, 2.75) is 38.4 Å². The fourth-order valence-electron chi connectivity index (χ4n) is 4.16. The summed E-state index contributed by atoms with van der Waals surface area (Å²) < 4.78 is 53.1. The molecule has 2 heterocycles. The first-order valence-electron chi connectivity index (χ1n) is 11.0. The van der Waals surface area contributed by atoms with E-state index in [1.807, 2.05) is 25.1 Å². The van der Waals surface area contributed by atoms with Crippen LogP contribution in [0, 0.1) is 5.92 Å². The van der Waals surface area contributed by atoms with E-state index in [9.17, 15) is 21.6 Å². The Bertz CT molecular complexity index is 934. The van der Waals surface area contributed by atoms with Crippen molar-refractivity contribution in [3.05, 3.63) is 35.9 Å². The second-order valence-electron chi connectivity index (χ2n) is 8.31. The van der Waals surface area contributed by atoms with E-state index in [4.69, 9.17) is 0 Å². The van der Waals surface area contributed by atoms with Gasteiger partial charge in [-0.15, -0.1) is 0 Å². The van der Waals surface area contributed by atoms with Gasteiger partial charge in [0.25, 0.3) is 0 Å². The maximum atomic E-state index is 12.9. The van der Waals surface area contributed by atoms with Crippen molar-refractivity contribution in [2.75, 3.05) is 45.0 Å². The molecular weight excluding hydrogens is 438 g/mol. The summed E-state index contributed by atoms with van der Waals surface area (Å²) >= 11 is 0. The zero-order valence-electron chi connectivity index (χ0n) is 18.1. The molecule has 2 aliphatic heterocycles. The Morgan fingerprint density at radius 3 is 2.03 bits per heavy atom. The molecule has 31 heavy (non-hydrogen) atoms. The van der Waals surface area contributed by atoms with Crippen LogP contribution in [0.1, 0.15) is 38.2 Å². The molecule has 0 atom stereocenters. The number of hydrogen-bond acceptors (Lipinski definition) is 5. The summed E-state index contributed by atoms with van der Waals surface area (Å²) in [5.41, 5.74) is 0.752. The Hall–Kier alpha value is -1.49. The summed E-state index contributed by atoms with van der Waals surface area (Å²) in [6.07, 6.45) is 2.54. The topological polar surface area (TPSA) is 95.1 Å². The molecule has 8 nitrogen and oxygen atoms in total. The molecule has 174 valence electrons. The second-order valence-corrected chi connectivity index (χ2v) is 12.4. The molecule has 0 radical (unpaired) electrons. The van der Waals surface area contributed by atoms with Crippen LogP contribution in [-0.2, 0) is 30.6 Å². The van der Waals surface area contributed by atoms with E-state index >= 15 is 0 Å². The first-order chi connectivity index (χ1) is 14.7. The fraction of sp³-hybridized carbons (Fsp3) is 0.667. The van der Waals surface area contributed by atoms with Crippen molar-refractivity contribution in [2.24, 2.45) is 5.92 Å². The summed E-state index contributed by atoms with van der Waals surface area (Å²) in [5, 5.41) is 0. The number of carbonyl (C=O) groups excluding carboxylic acids is 1. The monoisotopic (exact) mass is 471 g/mol. The molecular formula is C21H33N3O5S2. The van der Waals surface area contributed by atoms with E-state index in [0.717, 1.165) is 12.0 Å². The molecule has 0 bridgehead atoms. The number of sulfonamides is 2. The number of rotatable bonds is 8. The highest BCUT2D eigenvalue weighted by atomic mass is 32.2. The Morgan fingerprint density at radius 2 is 1.45 bits per heavy atom. The van der Waals surface area contributed by atoms with Gasteiger partial charge in [0, 0.05) is 45.2 Å². The normalized spacial score (nSPS) is 20.1. The number of piperidine rings is 1. The minimum atomic E-state index is -3.42. The SMILES string of the molecule is CCCCS(=O)(=O)N1CCC(C(=O)N2CCN(S(=O)(=O)Cc3ccccc3)CC2)CC1. The van der Waals surface area contributed by atoms with Gasteiger partial charge in [0.05, 0.1) is 11.5 Å². The quantitative estimate of drug-likeness (QED) is 0.573. The van der Waals surface area contributed by atoms with Crippen molar-refractivity contribution >= 4 is 26.0 Å². The van der Waals surface area contributed by atoms with E-state index in [2.05, 4.69) is 0 Å². The molecule has 0 aromatic heterocycles. The van der Waals surface area contributed by atoms with Gasteiger partial charge in [0.2, 0.25) is 26.0 Å². The van der Waals surface area contributed by atoms with Crippen molar-refractivity contribution in [3.63, 3.8) is 0 Å². The average molecular weight is 472 g/mol. The number of carbonyl (C=O) groups is 1. The first-order valence-corrected chi connectivity index (χ1v) is 14.2. The second kappa shape index (κ2) is 10.4. The lowest BCUT2D eigenvalue weighted by molar-refractivity contribution is -0.137. The predicted octanol–water partition coefficient (Wildman–Crippen LogP) is 1.50. The summed E-state index contributed by atoms with van der Waals surface area (Å²) in [7, 11) is -6.65. The lowest BCUT2D eigenvalue weighted by atomic mass is 9.96. The van der Waals surface area contributed by atoms with Gasteiger partial charge < -0.3 is 4.90 Å². The minimum Gasteiger partial charge on any atom is -0.340 e. The lowest BCUT2D eigenvalue weighted by Crippen LogP contribution is -2.53. The predicted molar refractivity (Wildman–Crippen MR) is 120 cm³/mol. The summed E-state index contributed by atoms with van der Waals surface area (Å²) in [6.45, 7) is 4.08. The van der Waals surface area contributed by atoms with E-state index < -0.39 is 20.0 Å². The Morgan fingerprint density at radius 1 is 0.871 bits per heavy atom. The van der Waals surface area contributed by atoms with Gasteiger partial charge in [-0.1, -0.05) is 43.7 Å². The number of amides is 1. The molecule has 0 N–H and O–H groups in total. The van der Waals surface area contributed by atoms with Crippen LogP contribution in [0.3, 0.4) is 0 Å². The molecule has 0 saturated carbocycles. The van der Waals surface area contributed by atoms with Gasteiger partial charge in [-0.3, -0.25) is 4.79 Å². The molecule has 0 aliphatic carbocycles. The molecule has 2 aliphatic rings. The highest BCUT2D eigenvalue weighted by Gasteiger charge is 2.35. The molecule has 3 rings (SSSR count). The van der Waals surface area contributed by atoms with Gasteiger partial charge in [-0.2, -0.15) is 4.31 Å². The molecule has 1 aromatic carbocycles. The van der Waals surface area contributed by atoms with E-state index in [-0.39, 0.29) is 23.3 Å². The number of nitrogens with zero attached hydrogens (tertiary/aromatic N) is 3. The minimum absolute atomic E-state index is 0.0192. The third-order valence-electron chi connectivity index (χ3n) is 6.09. The summed E-state index contributed by atoms with van der Waals surface area (Å²) in [6, 6.07) is 9.09. The molecule has 2 saturated heterocycles. The molecule has 0 spiro atoms. The molecule has 1 aromatic rings. The van der Waals surface area contributed by atoms with Crippen LogP contribution in [0.25, 0.3) is 0 Å². The standard InChI is InChI=1S/C21H33N3O5S2/c1-2-3-17-30(26,27)23-11-9-20(10-12-23)21(25)22-13-15-24(16-14-22)31(28,29)18-19-7-5-4-6-8-19/h4-8,20H,2-3,9-18H2,1H3. The van der Waals surface area contributed by atoms with Crippen molar-refractivity contribution in [1.29, 1.82) is 0 Å². The Labute approximate surface area is 186 Å². The van der Waals surface area contributed by atoms with E-state index in [1.54, 1.807) is 17.0 Å². The average Bonchev–Trinajstić information content (AvgIpc) is 2.78. The molecule has 0 unspecified atom stereocenters. The van der Waals surface area contributed by atoms with Gasteiger partial charge in [-0.05, 0) is 24.8 Å². The van der Waals surface area contributed by atoms with Crippen LogP contribution < -0.4 is 0 Å². The van der Waals surface area contributed by atoms with Crippen molar-refractivity contribution in [1.82, 2.24) is 13.5 Å². The Kier molecular flexibility index (Phi) is 8.12. The molecule has 10 heteroatoms. The van der Waals surface area contributed by atoms with Crippen LogP contribution in [-0.4, -0.2) is 81.3 Å². The maximum Gasteiger partial charge on any atom is 0.225 e. The third-order valence-corrected chi connectivity index (χ3v) is 9.89. The number of hydrogen-bond donors (Lipinski definition) is 0. The molecule has 1 amide bonds. The fourth-order valence-corrected chi connectivity index (χ4v) is 7.35. The van der Waals surface area contributed by atoms with E-state index in [0.29, 0.717) is 58.5 Å². The van der Waals surface area contributed by atoms with E-state index in [1.165, 1.54) is 8.61 Å². The van der Waals surface area contributed by atoms with Gasteiger partial charge in [0.15, 0.2) is 0 Å². The van der Waals surface area contributed by atoms with Gasteiger partial charge >= 0.3 is 0 Å². The van der Waals surface area contributed by atoms with Crippen LogP contribution >= 0.6 is 0 Å². The maximum absolute atomic E-state index is 12.9. The number of benzene rings is 1. The van der Waals surface area contributed by atoms with Crippen LogP contribution in [0.2, 0.25) is 0 Å². The first kappa shape index (κ1) is 24.2. The summed E-state index contributed by atoms with van der Waals surface area (Å²) in [4.78, 5) is 14.7. The number of unbranched alkanes of at least 4 members (excludes halogenated alkanes) is 1. The van der Waals surface area contributed by atoms with Crippen molar-refractivity contribution in [3.8, 4) is 0 Å². The van der Waals surface area contributed by atoms with Crippen LogP contribution in [0.4, 0.5) is 0 Å². The highest BCUT2D eigenvalue weighted by Crippen LogP contribution is 2.23. The molecule has 2 fully saturated rings.